The number of benzene rings is 4. The molecule has 1 aromatic heterocycles. The standard InChI is InChI=1S/C31H25N3O.C2H6/c1-19-27(20-13-15-22(16-14-20)34(2)3)28-23-11-7-8-12-24(23)31(35)30-26(18-17-25(32-19)29(28)30)33-21-9-5-4-6-10-21;1-2/h4-18,33H,1-3H3;1-2H3. The lowest BCUT2D eigenvalue weighted by atomic mass is 9.79. The Balaban J connectivity index is 0.00000137. The van der Waals surface area contributed by atoms with Gasteiger partial charge in [-0.1, -0.05) is 68.4 Å². The minimum atomic E-state index is 0.0247. The molecule has 0 unspecified atom stereocenters. The Bertz CT molecular complexity index is 1600. The van der Waals surface area contributed by atoms with Crippen molar-refractivity contribution in [2.75, 3.05) is 24.3 Å². The zero-order chi connectivity index (χ0) is 26.1. The van der Waals surface area contributed by atoms with Crippen molar-refractivity contribution in [2.24, 2.45) is 0 Å². The van der Waals surface area contributed by atoms with Crippen LogP contribution >= 0.6 is 0 Å². The Kier molecular flexibility index (Phi) is 6.49. The second-order valence-electron chi connectivity index (χ2n) is 9.14. The molecule has 0 atom stereocenters. The van der Waals surface area contributed by atoms with Gasteiger partial charge in [-0.15, -0.1) is 0 Å². The molecule has 1 heterocycles. The Labute approximate surface area is 218 Å². The number of ketones is 1. The molecule has 1 N–H and O–H groups in total. The van der Waals surface area contributed by atoms with Crippen molar-refractivity contribution >= 4 is 33.7 Å². The average Bonchev–Trinajstić information content (AvgIpc) is 2.93. The highest BCUT2D eigenvalue weighted by molar-refractivity contribution is 6.29. The summed E-state index contributed by atoms with van der Waals surface area (Å²) < 4.78 is 0. The molecule has 0 bridgehead atoms. The van der Waals surface area contributed by atoms with Gasteiger partial charge in [-0.25, -0.2) is 0 Å². The van der Waals surface area contributed by atoms with E-state index in [9.17, 15) is 4.79 Å². The molecule has 5 aromatic rings. The lowest BCUT2D eigenvalue weighted by Crippen LogP contribution is -2.14. The van der Waals surface area contributed by atoms with Gasteiger partial charge in [0.05, 0.1) is 16.8 Å². The van der Waals surface area contributed by atoms with Crippen LogP contribution in [0.4, 0.5) is 17.1 Å². The smallest absolute Gasteiger partial charge is 0.196 e. The van der Waals surface area contributed by atoms with E-state index in [0.29, 0.717) is 5.56 Å². The highest BCUT2D eigenvalue weighted by atomic mass is 16.1. The molecular formula is C33H31N3O. The van der Waals surface area contributed by atoms with E-state index in [0.717, 1.165) is 61.5 Å². The van der Waals surface area contributed by atoms with Gasteiger partial charge in [0.1, 0.15) is 0 Å². The number of pyridine rings is 1. The van der Waals surface area contributed by atoms with Crippen molar-refractivity contribution in [2.45, 2.75) is 20.8 Å². The molecular weight excluding hydrogens is 454 g/mol. The molecule has 4 aromatic carbocycles. The summed E-state index contributed by atoms with van der Waals surface area (Å²) in [6.07, 6.45) is 0. The van der Waals surface area contributed by atoms with Gasteiger partial charge in [0.2, 0.25) is 0 Å². The summed E-state index contributed by atoms with van der Waals surface area (Å²) in [5.74, 6) is 0.0247. The lowest BCUT2D eigenvalue weighted by molar-refractivity contribution is 0.104. The van der Waals surface area contributed by atoms with Crippen LogP contribution < -0.4 is 10.2 Å². The Morgan fingerprint density at radius 1 is 0.703 bits per heavy atom. The van der Waals surface area contributed by atoms with Crippen LogP contribution in [-0.4, -0.2) is 24.9 Å². The third kappa shape index (κ3) is 4.15. The van der Waals surface area contributed by atoms with Crippen LogP contribution in [0.25, 0.3) is 33.2 Å². The number of nitrogens with one attached hydrogen (secondary N) is 1. The van der Waals surface area contributed by atoms with Gasteiger partial charge in [-0.3, -0.25) is 9.78 Å². The maximum absolute atomic E-state index is 13.9. The first kappa shape index (κ1) is 24.3. The molecule has 0 radical (unpaired) electrons. The molecule has 4 nitrogen and oxygen atoms in total. The Hall–Kier alpha value is -4.44. The molecule has 0 spiro atoms. The lowest BCUT2D eigenvalue weighted by Gasteiger charge is -2.26. The molecule has 0 saturated carbocycles. The maximum atomic E-state index is 13.9. The van der Waals surface area contributed by atoms with Crippen molar-refractivity contribution in [1.82, 2.24) is 4.98 Å². The van der Waals surface area contributed by atoms with E-state index in [-0.39, 0.29) is 5.78 Å². The fourth-order valence-corrected chi connectivity index (χ4v) is 5.08. The van der Waals surface area contributed by atoms with Gasteiger partial charge in [-0.05, 0) is 54.4 Å². The number of aromatic nitrogens is 1. The molecule has 1 aliphatic carbocycles. The molecule has 4 heteroatoms. The third-order valence-electron chi connectivity index (χ3n) is 6.73. The highest BCUT2D eigenvalue weighted by Crippen LogP contribution is 2.47. The van der Waals surface area contributed by atoms with Gasteiger partial charge in [-0.2, -0.15) is 0 Å². The summed E-state index contributed by atoms with van der Waals surface area (Å²) in [5.41, 5.74) is 10.3. The van der Waals surface area contributed by atoms with Crippen molar-refractivity contribution < 1.29 is 4.79 Å². The van der Waals surface area contributed by atoms with Crippen LogP contribution in [0.2, 0.25) is 0 Å². The first-order valence-corrected chi connectivity index (χ1v) is 12.7. The van der Waals surface area contributed by atoms with Gasteiger partial charge < -0.3 is 10.2 Å². The van der Waals surface area contributed by atoms with Crippen LogP contribution in [0, 0.1) is 6.92 Å². The van der Waals surface area contributed by atoms with Crippen LogP contribution in [0.15, 0.2) is 91.0 Å². The van der Waals surface area contributed by atoms with Crippen molar-refractivity contribution in [3.63, 3.8) is 0 Å². The quantitative estimate of drug-likeness (QED) is 0.273. The van der Waals surface area contributed by atoms with Crippen LogP contribution in [0.3, 0.4) is 0 Å². The van der Waals surface area contributed by atoms with Crippen LogP contribution in [0.1, 0.15) is 35.5 Å². The molecule has 0 fully saturated rings. The number of hydrogen-bond acceptors (Lipinski definition) is 4. The molecule has 184 valence electrons. The van der Waals surface area contributed by atoms with Gasteiger partial charge >= 0.3 is 0 Å². The average molecular weight is 486 g/mol. The number of aryl methyl sites for hydroxylation is 1. The number of rotatable bonds is 4. The zero-order valence-corrected chi connectivity index (χ0v) is 22.0. The molecule has 6 rings (SSSR count). The zero-order valence-electron chi connectivity index (χ0n) is 22.0. The summed E-state index contributed by atoms with van der Waals surface area (Å²) in [7, 11) is 4.08. The fourth-order valence-electron chi connectivity index (χ4n) is 5.08. The topological polar surface area (TPSA) is 45.2 Å². The highest BCUT2D eigenvalue weighted by Gasteiger charge is 2.31. The summed E-state index contributed by atoms with van der Waals surface area (Å²) in [4.78, 5) is 21.0. The second kappa shape index (κ2) is 9.90. The SMILES string of the molecule is CC.Cc1nc2ccc(Nc3ccccc3)c3c2c(c1-c1ccc(N(C)C)cc1)-c1ccccc1C3=O. The molecule has 1 aliphatic rings. The summed E-state index contributed by atoms with van der Waals surface area (Å²) in [6, 6.07) is 30.4. The van der Waals surface area contributed by atoms with Gasteiger partial charge in [0, 0.05) is 53.2 Å². The predicted molar refractivity (Wildman–Crippen MR) is 156 cm³/mol. The molecule has 37 heavy (non-hydrogen) atoms. The first-order chi connectivity index (χ1) is 18.0. The number of carbonyl (C=O) groups excluding carboxylic acids is 1. The minimum Gasteiger partial charge on any atom is -0.378 e. The molecule has 0 aliphatic heterocycles. The number of anilines is 3. The van der Waals surface area contributed by atoms with Gasteiger partial charge in [0.15, 0.2) is 5.78 Å². The largest absolute Gasteiger partial charge is 0.378 e. The molecule has 0 saturated heterocycles. The predicted octanol–water partition coefficient (Wildman–Crippen LogP) is 8.26. The Morgan fingerprint density at radius 3 is 2.03 bits per heavy atom. The molecule has 0 amide bonds. The van der Waals surface area contributed by atoms with Crippen molar-refractivity contribution in [1.29, 1.82) is 0 Å². The number of para-hydroxylation sites is 1. The second-order valence-corrected chi connectivity index (χ2v) is 9.14. The van der Waals surface area contributed by atoms with E-state index >= 15 is 0 Å². The Morgan fingerprint density at radius 2 is 1.35 bits per heavy atom. The van der Waals surface area contributed by atoms with Gasteiger partial charge in [0.25, 0.3) is 0 Å². The van der Waals surface area contributed by atoms with E-state index in [1.165, 1.54) is 0 Å². The monoisotopic (exact) mass is 485 g/mol. The minimum absolute atomic E-state index is 0.0247. The van der Waals surface area contributed by atoms with Crippen LogP contribution in [-0.2, 0) is 0 Å². The number of fused-ring (bicyclic) bond motifs is 2. The van der Waals surface area contributed by atoms with E-state index < -0.39 is 0 Å². The van der Waals surface area contributed by atoms with Crippen molar-refractivity contribution in [3.05, 3.63) is 108 Å². The number of hydrogen-bond donors (Lipinski definition) is 1. The number of carbonyl (C=O) groups is 1. The summed E-state index contributed by atoms with van der Waals surface area (Å²) in [6.45, 7) is 6.06. The van der Waals surface area contributed by atoms with Crippen LogP contribution in [0.5, 0.6) is 0 Å². The van der Waals surface area contributed by atoms with E-state index in [1.54, 1.807) is 0 Å². The maximum Gasteiger partial charge on any atom is 0.196 e. The van der Waals surface area contributed by atoms with E-state index in [2.05, 4.69) is 47.5 Å². The fraction of sp³-hybridized carbons (Fsp3) is 0.152. The first-order valence-electron chi connectivity index (χ1n) is 12.7. The summed E-state index contributed by atoms with van der Waals surface area (Å²) >= 11 is 0. The third-order valence-corrected chi connectivity index (χ3v) is 6.73. The van der Waals surface area contributed by atoms with E-state index in [1.807, 2.05) is 88.6 Å². The summed E-state index contributed by atoms with van der Waals surface area (Å²) in [5, 5.41) is 4.39. The number of nitrogens with zero attached hydrogens (tertiary/aromatic N) is 2. The normalized spacial score (nSPS) is 11.4. The van der Waals surface area contributed by atoms with Crippen molar-refractivity contribution in [3.8, 4) is 22.3 Å². The van der Waals surface area contributed by atoms with E-state index in [4.69, 9.17) is 4.98 Å².